The largest absolute Gasteiger partial charge is 0.497 e. The summed E-state index contributed by atoms with van der Waals surface area (Å²) in [5.74, 6) is 0.529. The lowest BCUT2D eigenvalue weighted by Gasteiger charge is -2.48. The van der Waals surface area contributed by atoms with E-state index in [-0.39, 0.29) is 34.7 Å². The minimum atomic E-state index is -2.07. The van der Waals surface area contributed by atoms with Gasteiger partial charge in [0.1, 0.15) is 5.75 Å². The maximum absolute atomic E-state index is 13.6. The monoisotopic (exact) mass is 546 g/mol. The molecular weight excluding hydrogens is 508 g/mol. The lowest BCUT2D eigenvalue weighted by molar-refractivity contribution is -0.384. The fraction of sp³-hybridized carbons (Fsp3) is 0.387. The van der Waals surface area contributed by atoms with Gasteiger partial charge in [-0.3, -0.25) is 14.9 Å². The Morgan fingerprint density at radius 2 is 1.59 bits per heavy atom. The predicted molar refractivity (Wildman–Crippen MR) is 157 cm³/mol. The molecule has 0 saturated carbocycles. The molecule has 8 heteroatoms. The summed E-state index contributed by atoms with van der Waals surface area (Å²) in [5, 5.41) is 11.2. The molecule has 39 heavy (non-hydrogen) atoms. The van der Waals surface area contributed by atoms with Gasteiger partial charge in [0.15, 0.2) is 8.32 Å². The zero-order valence-electron chi connectivity index (χ0n) is 23.6. The van der Waals surface area contributed by atoms with Crippen molar-refractivity contribution in [3.8, 4) is 5.75 Å². The summed E-state index contributed by atoms with van der Waals surface area (Å²) in [6.07, 6.45) is 1.27. The van der Waals surface area contributed by atoms with Gasteiger partial charge in [0.05, 0.1) is 30.1 Å². The molecular formula is C31H38N2O5Si. The van der Waals surface area contributed by atoms with Crippen LogP contribution in [0.3, 0.4) is 0 Å². The molecule has 0 radical (unpaired) electrons. The van der Waals surface area contributed by atoms with E-state index in [0.717, 1.165) is 16.9 Å². The van der Waals surface area contributed by atoms with E-state index >= 15 is 0 Å². The van der Waals surface area contributed by atoms with Crippen LogP contribution in [-0.2, 0) is 9.22 Å². The van der Waals surface area contributed by atoms with Crippen molar-refractivity contribution in [2.24, 2.45) is 5.92 Å². The third-order valence-corrected chi connectivity index (χ3v) is 12.7. The second-order valence-electron chi connectivity index (χ2n) is 11.7. The first-order valence-electron chi connectivity index (χ1n) is 13.4. The Kier molecular flexibility index (Phi) is 8.27. The molecule has 0 spiro atoms. The molecule has 1 saturated heterocycles. The van der Waals surface area contributed by atoms with E-state index in [0.29, 0.717) is 18.5 Å². The maximum Gasteiger partial charge on any atom is 0.269 e. The molecule has 3 aromatic rings. The number of hydrogen-bond acceptors (Lipinski definition) is 5. The molecule has 1 fully saturated rings. The summed E-state index contributed by atoms with van der Waals surface area (Å²) in [6.45, 7) is 11.2. The molecule has 7 nitrogen and oxygen atoms in total. The zero-order valence-corrected chi connectivity index (χ0v) is 24.6. The number of non-ortho nitro benzene ring substituents is 1. The van der Waals surface area contributed by atoms with Crippen molar-refractivity contribution in [1.29, 1.82) is 0 Å². The molecule has 0 aliphatic carbocycles. The van der Waals surface area contributed by atoms with Gasteiger partial charge in [-0.05, 0) is 66.4 Å². The molecule has 1 heterocycles. The van der Waals surface area contributed by atoms with Gasteiger partial charge >= 0.3 is 0 Å². The van der Waals surface area contributed by atoms with Crippen LogP contribution in [0.1, 0.15) is 56.9 Å². The Balaban J connectivity index is 1.62. The van der Waals surface area contributed by atoms with Crippen molar-refractivity contribution in [2.45, 2.75) is 63.9 Å². The Hall–Kier alpha value is -3.49. The summed E-state index contributed by atoms with van der Waals surface area (Å²) in [4.78, 5) is 26.1. The number of rotatable bonds is 10. The summed E-state index contributed by atoms with van der Waals surface area (Å²) in [6, 6.07) is 24.0. The van der Waals surface area contributed by atoms with Gasteiger partial charge in [-0.25, -0.2) is 0 Å². The molecule has 3 aromatic carbocycles. The molecule has 3 atom stereocenters. The first kappa shape index (κ1) is 28.5. The van der Waals surface area contributed by atoms with Gasteiger partial charge in [0.25, 0.3) is 5.69 Å². The van der Waals surface area contributed by atoms with E-state index in [1.165, 1.54) is 12.1 Å². The third-order valence-electron chi connectivity index (χ3n) is 8.16. The Morgan fingerprint density at radius 1 is 0.974 bits per heavy atom. The van der Waals surface area contributed by atoms with Crippen LogP contribution in [0.2, 0.25) is 18.1 Å². The van der Waals surface area contributed by atoms with Crippen molar-refractivity contribution in [2.75, 3.05) is 12.0 Å². The highest BCUT2D eigenvalue weighted by atomic mass is 28.4. The Morgan fingerprint density at radius 3 is 2.13 bits per heavy atom. The number of ether oxygens (including phenoxy) is 1. The quantitative estimate of drug-likeness (QED) is 0.112. The minimum absolute atomic E-state index is 0.00208. The predicted octanol–water partition coefficient (Wildman–Crippen LogP) is 7.85. The highest BCUT2D eigenvalue weighted by Gasteiger charge is 2.49. The van der Waals surface area contributed by atoms with Crippen molar-refractivity contribution in [3.63, 3.8) is 0 Å². The van der Waals surface area contributed by atoms with Crippen LogP contribution in [0.5, 0.6) is 5.75 Å². The molecule has 0 N–H and O–H groups in total. The zero-order chi connectivity index (χ0) is 28.4. The molecule has 1 aliphatic rings. The van der Waals surface area contributed by atoms with Gasteiger partial charge in [-0.1, -0.05) is 63.2 Å². The van der Waals surface area contributed by atoms with Crippen LogP contribution in [0, 0.1) is 16.0 Å². The number of nitrogens with zero attached hydrogens (tertiary/aromatic N) is 2. The van der Waals surface area contributed by atoms with Crippen molar-refractivity contribution >= 4 is 25.6 Å². The second-order valence-corrected chi connectivity index (χ2v) is 16.4. The highest BCUT2D eigenvalue weighted by Crippen LogP contribution is 2.48. The summed E-state index contributed by atoms with van der Waals surface area (Å²) < 4.78 is 12.2. The lowest BCUT2D eigenvalue weighted by atomic mass is 9.78. The van der Waals surface area contributed by atoms with Crippen LogP contribution >= 0.6 is 0 Å². The average Bonchev–Trinajstić information content (AvgIpc) is 2.91. The number of anilines is 1. The number of benzene rings is 3. The number of hydrogen-bond donors (Lipinski definition) is 0. The Bertz CT molecular complexity index is 1290. The van der Waals surface area contributed by atoms with Crippen LogP contribution in [0.25, 0.3) is 0 Å². The van der Waals surface area contributed by atoms with Crippen molar-refractivity contribution < 1.29 is 18.9 Å². The van der Waals surface area contributed by atoms with Gasteiger partial charge in [-0.15, -0.1) is 0 Å². The van der Waals surface area contributed by atoms with Gasteiger partial charge in [-0.2, -0.15) is 0 Å². The van der Waals surface area contributed by atoms with Crippen LogP contribution in [0.15, 0.2) is 78.9 Å². The topological polar surface area (TPSA) is 81.9 Å². The van der Waals surface area contributed by atoms with Gasteiger partial charge < -0.3 is 14.1 Å². The SMILES string of the molecule is COc1ccc(C2C(CC[C@H](O[Si](C)(C)C(C)(C)C)c3ccccc3)C(=O)N2c2ccc([N+](=O)[O-])cc2)cc1. The first-order valence-corrected chi connectivity index (χ1v) is 16.3. The van der Waals surface area contributed by atoms with Crippen LogP contribution in [-0.4, -0.2) is 26.3 Å². The molecule has 0 bridgehead atoms. The first-order chi connectivity index (χ1) is 18.4. The number of amides is 1. The number of carbonyl (C=O) groups excluding carboxylic acids is 1. The number of methoxy groups -OCH3 is 1. The fourth-order valence-electron chi connectivity index (χ4n) is 4.86. The average molecular weight is 547 g/mol. The molecule has 1 amide bonds. The third kappa shape index (κ3) is 6.07. The van der Waals surface area contributed by atoms with Crippen LogP contribution < -0.4 is 9.64 Å². The molecule has 2 unspecified atom stereocenters. The standard InChI is InChI=1S/C31H38N2O5Si/c1-31(2,3)39(5,6)38-28(22-10-8-7-9-11-22)21-20-27-29(23-12-18-26(37-4)19-13-23)32(30(27)34)24-14-16-25(17-15-24)33(35)36/h7-19,27-29H,20-21H2,1-6H3/t27?,28-,29?/m0/s1. The van der Waals surface area contributed by atoms with Crippen molar-refractivity contribution in [3.05, 3.63) is 100 Å². The second kappa shape index (κ2) is 11.3. The van der Waals surface area contributed by atoms with E-state index in [1.807, 2.05) is 42.5 Å². The number of nitro groups is 1. The summed E-state index contributed by atoms with van der Waals surface area (Å²) in [7, 11) is -0.444. The van der Waals surface area contributed by atoms with E-state index in [2.05, 4.69) is 46.0 Å². The number of nitro benzene ring substituents is 1. The number of carbonyl (C=O) groups is 1. The fourth-order valence-corrected chi connectivity index (χ4v) is 6.18. The van der Waals surface area contributed by atoms with E-state index < -0.39 is 13.2 Å². The van der Waals surface area contributed by atoms with Crippen LogP contribution in [0.4, 0.5) is 11.4 Å². The normalized spacial score (nSPS) is 18.4. The molecule has 206 valence electrons. The minimum Gasteiger partial charge on any atom is -0.497 e. The number of β-lactam (4-membered cyclic amide) rings is 1. The highest BCUT2D eigenvalue weighted by molar-refractivity contribution is 6.74. The van der Waals surface area contributed by atoms with Gasteiger partial charge in [0.2, 0.25) is 5.91 Å². The van der Waals surface area contributed by atoms with E-state index in [4.69, 9.17) is 9.16 Å². The lowest BCUT2D eigenvalue weighted by Crippen LogP contribution is -2.55. The van der Waals surface area contributed by atoms with E-state index in [9.17, 15) is 14.9 Å². The molecule has 1 aliphatic heterocycles. The molecule has 0 aromatic heterocycles. The van der Waals surface area contributed by atoms with Crippen molar-refractivity contribution in [1.82, 2.24) is 0 Å². The summed E-state index contributed by atoms with van der Waals surface area (Å²) >= 11 is 0. The van der Waals surface area contributed by atoms with E-state index in [1.54, 1.807) is 24.1 Å². The summed E-state index contributed by atoms with van der Waals surface area (Å²) in [5.41, 5.74) is 2.78. The maximum atomic E-state index is 13.6. The smallest absolute Gasteiger partial charge is 0.269 e. The Labute approximate surface area is 232 Å². The molecule has 4 rings (SSSR count). The van der Waals surface area contributed by atoms with Gasteiger partial charge in [0, 0.05) is 17.8 Å².